The summed E-state index contributed by atoms with van der Waals surface area (Å²) in [6.45, 7) is 0.297. The van der Waals surface area contributed by atoms with Crippen LogP contribution >= 0.6 is 23.2 Å². The largest absolute Gasteiger partial charge is 0.380 e. The Morgan fingerprint density at radius 3 is 2.74 bits per heavy atom. The number of hydrogen-bond donors (Lipinski definition) is 2. The monoisotopic (exact) mass is 356 g/mol. The van der Waals surface area contributed by atoms with Crippen molar-refractivity contribution in [1.82, 2.24) is 14.5 Å². The Bertz CT molecular complexity index is 932. The maximum absolute atomic E-state index is 12.3. The highest BCUT2D eigenvalue weighted by Crippen LogP contribution is 2.39. The SMILES string of the molecule is CN(C)C(=O)CC1CNc2c(Cl)c(Cl)cc3[nH]c(=O)c(=O)n1c23. The normalized spacial score (nSPS) is 16.3. The summed E-state index contributed by atoms with van der Waals surface area (Å²) < 4.78 is 1.34. The van der Waals surface area contributed by atoms with Crippen LogP contribution in [0.2, 0.25) is 10.0 Å². The molecule has 0 bridgehead atoms. The molecule has 122 valence electrons. The second-order valence-electron chi connectivity index (χ2n) is 5.60. The number of rotatable bonds is 2. The van der Waals surface area contributed by atoms with Crippen LogP contribution in [0.3, 0.4) is 0 Å². The predicted octanol–water partition coefficient (Wildman–Crippen LogP) is 1.44. The van der Waals surface area contributed by atoms with Gasteiger partial charge in [0.05, 0.1) is 32.8 Å². The van der Waals surface area contributed by atoms with Crippen LogP contribution in [0.5, 0.6) is 0 Å². The highest BCUT2D eigenvalue weighted by Gasteiger charge is 2.28. The quantitative estimate of drug-likeness (QED) is 0.797. The van der Waals surface area contributed by atoms with Crippen molar-refractivity contribution < 1.29 is 4.79 Å². The van der Waals surface area contributed by atoms with E-state index in [1.807, 2.05) is 0 Å². The van der Waals surface area contributed by atoms with Crippen LogP contribution in [0.25, 0.3) is 11.0 Å². The number of aromatic amines is 1. The van der Waals surface area contributed by atoms with Gasteiger partial charge < -0.3 is 15.2 Å². The Labute approximate surface area is 140 Å². The molecule has 7 nitrogen and oxygen atoms in total. The predicted molar refractivity (Wildman–Crippen MR) is 89.7 cm³/mol. The van der Waals surface area contributed by atoms with Gasteiger partial charge in [-0.15, -0.1) is 0 Å². The second kappa shape index (κ2) is 5.58. The number of anilines is 1. The van der Waals surface area contributed by atoms with Gasteiger partial charge in [-0.25, -0.2) is 0 Å². The minimum absolute atomic E-state index is 0.0954. The zero-order valence-corrected chi connectivity index (χ0v) is 14.0. The van der Waals surface area contributed by atoms with E-state index >= 15 is 0 Å². The molecule has 1 aromatic carbocycles. The third-order valence-corrected chi connectivity index (χ3v) is 4.67. The van der Waals surface area contributed by atoms with Gasteiger partial charge in [0.1, 0.15) is 0 Å². The number of aromatic nitrogens is 2. The van der Waals surface area contributed by atoms with Gasteiger partial charge in [-0.3, -0.25) is 19.0 Å². The Balaban J connectivity index is 2.30. The van der Waals surface area contributed by atoms with Crippen molar-refractivity contribution in [2.24, 2.45) is 0 Å². The summed E-state index contributed by atoms with van der Waals surface area (Å²) >= 11 is 12.3. The van der Waals surface area contributed by atoms with E-state index in [4.69, 9.17) is 23.2 Å². The van der Waals surface area contributed by atoms with Gasteiger partial charge in [0.15, 0.2) is 0 Å². The molecule has 2 heterocycles. The van der Waals surface area contributed by atoms with Gasteiger partial charge in [0, 0.05) is 27.1 Å². The molecule has 0 saturated heterocycles. The van der Waals surface area contributed by atoms with Crippen LogP contribution in [0.1, 0.15) is 12.5 Å². The van der Waals surface area contributed by atoms with Crippen molar-refractivity contribution in [3.63, 3.8) is 0 Å². The molecule has 1 atom stereocenters. The van der Waals surface area contributed by atoms with E-state index in [9.17, 15) is 14.4 Å². The molecule has 1 amide bonds. The number of carbonyl (C=O) groups is 1. The Hall–Kier alpha value is -1.99. The molecule has 0 aliphatic carbocycles. The summed E-state index contributed by atoms with van der Waals surface area (Å²) in [4.78, 5) is 40.2. The third-order valence-electron chi connectivity index (χ3n) is 3.88. The lowest BCUT2D eigenvalue weighted by Gasteiger charge is -2.29. The molecule has 0 spiro atoms. The summed E-state index contributed by atoms with van der Waals surface area (Å²) in [5.41, 5.74) is -0.141. The first-order valence-electron chi connectivity index (χ1n) is 6.91. The highest BCUT2D eigenvalue weighted by atomic mass is 35.5. The van der Waals surface area contributed by atoms with E-state index < -0.39 is 17.2 Å². The zero-order valence-electron chi connectivity index (χ0n) is 12.4. The van der Waals surface area contributed by atoms with Crippen molar-refractivity contribution in [1.29, 1.82) is 0 Å². The van der Waals surface area contributed by atoms with Gasteiger partial charge in [0.2, 0.25) is 5.91 Å². The molecule has 23 heavy (non-hydrogen) atoms. The smallest absolute Gasteiger partial charge is 0.317 e. The van der Waals surface area contributed by atoms with E-state index in [0.717, 1.165) is 0 Å². The number of amides is 1. The number of carbonyl (C=O) groups excluding carboxylic acids is 1. The van der Waals surface area contributed by atoms with Gasteiger partial charge >= 0.3 is 11.1 Å². The van der Waals surface area contributed by atoms with Crippen molar-refractivity contribution in [2.45, 2.75) is 12.5 Å². The number of nitrogens with one attached hydrogen (secondary N) is 2. The Morgan fingerprint density at radius 1 is 1.39 bits per heavy atom. The average molecular weight is 357 g/mol. The molecule has 1 aliphatic heterocycles. The molecule has 2 aromatic rings. The van der Waals surface area contributed by atoms with E-state index in [1.165, 1.54) is 15.5 Å². The van der Waals surface area contributed by atoms with Gasteiger partial charge in [-0.05, 0) is 6.07 Å². The summed E-state index contributed by atoms with van der Waals surface area (Å²) in [6, 6.07) is 1.02. The summed E-state index contributed by atoms with van der Waals surface area (Å²) in [7, 11) is 3.28. The molecule has 1 unspecified atom stereocenters. The van der Waals surface area contributed by atoms with Gasteiger partial charge in [-0.2, -0.15) is 0 Å². The zero-order chi connectivity index (χ0) is 16.9. The second-order valence-corrected chi connectivity index (χ2v) is 6.38. The van der Waals surface area contributed by atoms with Crippen LogP contribution in [0, 0.1) is 0 Å². The Morgan fingerprint density at radius 2 is 2.09 bits per heavy atom. The number of nitrogens with zero attached hydrogens (tertiary/aromatic N) is 2. The number of halogens is 2. The lowest BCUT2D eigenvalue weighted by Crippen LogP contribution is -2.43. The summed E-state index contributed by atoms with van der Waals surface area (Å²) in [6.07, 6.45) is 0.0954. The van der Waals surface area contributed by atoms with Crippen LogP contribution in [0.15, 0.2) is 15.7 Å². The maximum Gasteiger partial charge on any atom is 0.317 e. The fraction of sp³-hybridized carbons (Fsp3) is 0.357. The van der Waals surface area contributed by atoms with E-state index in [-0.39, 0.29) is 22.4 Å². The van der Waals surface area contributed by atoms with Crippen LogP contribution < -0.4 is 16.4 Å². The lowest BCUT2D eigenvalue weighted by atomic mass is 10.1. The van der Waals surface area contributed by atoms with E-state index in [0.29, 0.717) is 23.3 Å². The standard InChI is InChI=1S/C14H14Cl2N4O3/c1-19(2)9(21)3-6-5-17-11-10(16)7(15)4-8-12(11)20(6)14(23)13(22)18-8/h4,6,17H,3,5H2,1-2H3,(H,18,22). The molecule has 1 aliphatic rings. The molecule has 0 fully saturated rings. The maximum atomic E-state index is 12.3. The molecule has 0 radical (unpaired) electrons. The number of hydrogen-bond acceptors (Lipinski definition) is 4. The molecule has 3 rings (SSSR count). The van der Waals surface area contributed by atoms with Crippen LogP contribution in [-0.2, 0) is 4.79 Å². The van der Waals surface area contributed by atoms with Crippen molar-refractivity contribution >= 4 is 45.8 Å². The first kappa shape index (κ1) is 15.9. The first-order chi connectivity index (χ1) is 10.8. The summed E-state index contributed by atoms with van der Waals surface area (Å²) in [5, 5.41) is 3.65. The van der Waals surface area contributed by atoms with Gasteiger partial charge in [-0.1, -0.05) is 23.2 Å². The van der Waals surface area contributed by atoms with Crippen molar-refractivity contribution in [2.75, 3.05) is 26.0 Å². The molecule has 2 N–H and O–H groups in total. The molecule has 0 saturated carbocycles. The first-order valence-corrected chi connectivity index (χ1v) is 7.67. The van der Waals surface area contributed by atoms with E-state index in [2.05, 4.69) is 10.3 Å². The third kappa shape index (κ3) is 2.49. The minimum Gasteiger partial charge on any atom is -0.380 e. The van der Waals surface area contributed by atoms with Crippen molar-refractivity contribution in [3.8, 4) is 0 Å². The molecular formula is C14H14Cl2N4O3. The molecule has 9 heteroatoms. The fourth-order valence-electron chi connectivity index (χ4n) is 2.72. The minimum atomic E-state index is -0.758. The lowest BCUT2D eigenvalue weighted by molar-refractivity contribution is -0.129. The molecule has 1 aromatic heterocycles. The van der Waals surface area contributed by atoms with Crippen LogP contribution in [0.4, 0.5) is 5.69 Å². The topological polar surface area (TPSA) is 87.2 Å². The fourth-order valence-corrected chi connectivity index (χ4v) is 3.13. The molecular weight excluding hydrogens is 343 g/mol. The van der Waals surface area contributed by atoms with E-state index in [1.54, 1.807) is 14.1 Å². The van der Waals surface area contributed by atoms with Crippen molar-refractivity contribution in [3.05, 3.63) is 36.8 Å². The average Bonchev–Trinajstić information content (AvgIpc) is 2.49. The highest BCUT2D eigenvalue weighted by molar-refractivity contribution is 6.45. The summed E-state index contributed by atoms with van der Waals surface area (Å²) in [5.74, 6) is -0.138. The van der Waals surface area contributed by atoms with Gasteiger partial charge in [0.25, 0.3) is 0 Å². The van der Waals surface area contributed by atoms with Crippen LogP contribution in [-0.4, -0.2) is 41.0 Å². The number of benzene rings is 1. The Kier molecular flexibility index (Phi) is 3.85. The number of H-pyrrole nitrogens is 1.